The van der Waals surface area contributed by atoms with E-state index in [1.165, 1.54) is 6.07 Å². The molecule has 0 fully saturated rings. The van der Waals surface area contributed by atoms with Gasteiger partial charge in [-0.2, -0.15) is 26.3 Å². The minimum Gasteiger partial charge on any atom is -0.369 e. The van der Waals surface area contributed by atoms with E-state index in [0.29, 0.717) is 11.1 Å². The van der Waals surface area contributed by atoms with Gasteiger partial charge in [0.2, 0.25) is 18.0 Å². The molecule has 2 aromatic rings. The molecule has 3 rings (SSSR count). The number of anilines is 1. The molecule has 14 heteroatoms. The Hall–Kier alpha value is -3.61. The van der Waals surface area contributed by atoms with Crippen LogP contribution >= 0.6 is 11.6 Å². The number of carbonyl (C=O) groups is 3. The maximum Gasteiger partial charge on any atom is 0.389 e. The molecule has 3 amide bonds. The molecule has 3 atom stereocenters. The molecule has 4 N–H and O–H groups in total. The summed E-state index contributed by atoms with van der Waals surface area (Å²) in [4.78, 5) is 42.5. The van der Waals surface area contributed by atoms with Gasteiger partial charge in [0.05, 0.1) is 16.4 Å². The second-order valence-corrected chi connectivity index (χ2v) is 9.24. The Morgan fingerprint density at radius 2 is 1.54 bits per heavy atom. The minimum absolute atomic E-state index is 0.139. The number of amides is 3. The molecule has 0 radical (unpaired) electrons. The first-order valence-corrected chi connectivity index (χ1v) is 12.0. The number of aliphatic imine (C=N–C) groups is 1. The Morgan fingerprint density at radius 3 is 2.10 bits per heavy atom. The lowest BCUT2D eigenvalue weighted by atomic mass is 9.83. The number of nitrogens with one attached hydrogen (secondary N) is 2. The fourth-order valence-corrected chi connectivity index (χ4v) is 4.38. The van der Waals surface area contributed by atoms with E-state index in [4.69, 9.17) is 17.3 Å². The van der Waals surface area contributed by atoms with E-state index in [9.17, 15) is 40.7 Å². The molecule has 0 saturated heterocycles. The third-order valence-electron chi connectivity index (χ3n) is 6.02. The molecule has 0 bridgehead atoms. The van der Waals surface area contributed by atoms with E-state index in [-0.39, 0.29) is 16.4 Å². The van der Waals surface area contributed by atoms with Crippen LogP contribution in [0.4, 0.5) is 32.0 Å². The number of nitrogens with zero attached hydrogens (tertiary/aromatic N) is 1. The van der Waals surface area contributed by atoms with Crippen LogP contribution in [0.1, 0.15) is 36.8 Å². The largest absolute Gasteiger partial charge is 0.389 e. The summed E-state index contributed by atoms with van der Waals surface area (Å²) < 4.78 is 77.5. The normalized spacial score (nSPS) is 17.3. The third-order valence-corrected chi connectivity index (χ3v) is 6.33. The molecule has 1 aliphatic heterocycles. The maximum atomic E-state index is 13.2. The quantitative estimate of drug-likeness (QED) is 0.366. The summed E-state index contributed by atoms with van der Waals surface area (Å²) in [6.45, 7) is 0. The molecule has 1 heterocycles. The molecule has 7 nitrogen and oxygen atoms in total. The molecular formula is C25H23ClF6N4O3. The lowest BCUT2D eigenvalue weighted by Crippen LogP contribution is -2.48. The average molecular weight is 577 g/mol. The molecule has 0 spiro atoms. The van der Waals surface area contributed by atoms with Crippen LogP contribution in [0, 0.1) is 11.8 Å². The van der Waals surface area contributed by atoms with E-state index in [2.05, 4.69) is 15.6 Å². The zero-order chi connectivity index (χ0) is 29.0. The number of halogens is 7. The van der Waals surface area contributed by atoms with Gasteiger partial charge < -0.3 is 16.4 Å². The highest BCUT2D eigenvalue weighted by atomic mass is 35.5. The number of primary amides is 1. The van der Waals surface area contributed by atoms with Gasteiger partial charge in [-0.25, -0.2) is 4.99 Å². The van der Waals surface area contributed by atoms with Crippen LogP contribution in [-0.4, -0.2) is 42.0 Å². The molecule has 0 saturated carbocycles. The van der Waals surface area contributed by atoms with Crippen molar-refractivity contribution in [3.63, 3.8) is 0 Å². The fraction of sp³-hybridized carbons (Fsp3) is 0.360. The number of benzene rings is 2. The summed E-state index contributed by atoms with van der Waals surface area (Å²) in [6.07, 6.45) is -16.4. The topological polar surface area (TPSA) is 114 Å². The van der Waals surface area contributed by atoms with Crippen molar-refractivity contribution in [1.29, 1.82) is 0 Å². The van der Waals surface area contributed by atoms with Crippen molar-refractivity contribution < 1.29 is 40.7 Å². The third kappa shape index (κ3) is 8.19. The molecule has 39 heavy (non-hydrogen) atoms. The number of nitrogens with two attached hydrogens (primary N) is 1. The summed E-state index contributed by atoms with van der Waals surface area (Å²) in [6, 6.07) is 13.1. The van der Waals surface area contributed by atoms with Gasteiger partial charge in [0.15, 0.2) is 0 Å². The molecule has 2 unspecified atom stereocenters. The maximum absolute atomic E-state index is 13.2. The van der Waals surface area contributed by atoms with Gasteiger partial charge in [-0.05, 0) is 18.9 Å². The number of benzodiazepines with no additional fused rings is 1. The lowest BCUT2D eigenvalue weighted by molar-refractivity contribution is -0.152. The van der Waals surface area contributed by atoms with Crippen LogP contribution in [0.25, 0.3) is 0 Å². The monoisotopic (exact) mass is 576 g/mol. The number of hydrogen-bond acceptors (Lipinski definition) is 4. The number of para-hydroxylation sites is 1. The van der Waals surface area contributed by atoms with Crippen molar-refractivity contribution in [3.8, 4) is 0 Å². The molecule has 0 aromatic heterocycles. The van der Waals surface area contributed by atoms with Crippen LogP contribution in [0.2, 0.25) is 5.02 Å². The van der Waals surface area contributed by atoms with E-state index in [1.54, 1.807) is 42.5 Å². The van der Waals surface area contributed by atoms with Crippen molar-refractivity contribution >= 4 is 40.7 Å². The molecule has 210 valence electrons. The molecular weight excluding hydrogens is 554 g/mol. The van der Waals surface area contributed by atoms with Crippen LogP contribution in [0.15, 0.2) is 53.5 Å². The lowest BCUT2D eigenvalue weighted by Gasteiger charge is -2.26. The van der Waals surface area contributed by atoms with Crippen molar-refractivity contribution in [2.75, 3.05) is 5.32 Å². The van der Waals surface area contributed by atoms with Crippen LogP contribution in [-0.2, 0) is 14.4 Å². The highest BCUT2D eigenvalue weighted by Crippen LogP contribution is 2.34. The summed E-state index contributed by atoms with van der Waals surface area (Å²) in [5.74, 6) is -7.36. The Bertz CT molecular complexity index is 1250. The number of fused-ring (bicyclic) bond motifs is 1. The standard InChI is InChI=1S/C25H23ClF6N4O3/c26-17-8-4-7-16-18(13-5-2-1-3-6-13)34-21(23(39)35-19(16)17)36-22(38)15(10-12-25(30,31)32)14(20(33)37)9-11-24(27,28)29/h1-8,14-15,21H,9-12H2,(H2,33,37)(H,35,39)(H,36,38)/t14?,15?,21-/m1/s1. The fourth-order valence-electron chi connectivity index (χ4n) is 4.16. The summed E-state index contributed by atoms with van der Waals surface area (Å²) in [7, 11) is 0. The first-order valence-electron chi connectivity index (χ1n) is 11.6. The first-order chi connectivity index (χ1) is 18.2. The SMILES string of the molecule is NC(=O)C(CCC(F)(F)F)C(CCC(F)(F)F)C(=O)N[C@H]1N=C(c2ccccc2)c2cccc(Cl)c2NC1=O. The Kier molecular flexibility index (Phi) is 9.26. The average Bonchev–Trinajstić information content (AvgIpc) is 2.97. The van der Waals surface area contributed by atoms with Crippen molar-refractivity contribution in [2.45, 2.75) is 44.2 Å². The summed E-state index contributed by atoms with van der Waals surface area (Å²) in [5, 5.41) is 4.85. The highest BCUT2D eigenvalue weighted by Gasteiger charge is 2.40. The zero-order valence-electron chi connectivity index (χ0n) is 20.1. The molecule has 2 aromatic carbocycles. The summed E-state index contributed by atoms with van der Waals surface area (Å²) >= 11 is 6.26. The van der Waals surface area contributed by atoms with Gasteiger partial charge in [-0.1, -0.05) is 54.1 Å². The van der Waals surface area contributed by atoms with Crippen LogP contribution in [0.3, 0.4) is 0 Å². The van der Waals surface area contributed by atoms with Crippen LogP contribution < -0.4 is 16.4 Å². The van der Waals surface area contributed by atoms with E-state index >= 15 is 0 Å². The Labute approximate surface area is 223 Å². The first kappa shape index (κ1) is 29.9. The smallest absolute Gasteiger partial charge is 0.369 e. The van der Waals surface area contributed by atoms with Crippen molar-refractivity contribution in [2.24, 2.45) is 22.6 Å². The van der Waals surface area contributed by atoms with Gasteiger partial charge in [0, 0.05) is 35.8 Å². The molecule has 0 aliphatic carbocycles. The van der Waals surface area contributed by atoms with Gasteiger partial charge in [-0.3, -0.25) is 14.4 Å². The predicted octanol–water partition coefficient (Wildman–Crippen LogP) is 4.97. The predicted molar refractivity (Wildman–Crippen MR) is 131 cm³/mol. The van der Waals surface area contributed by atoms with E-state index in [0.717, 1.165) is 0 Å². The van der Waals surface area contributed by atoms with Gasteiger partial charge in [-0.15, -0.1) is 0 Å². The van der Waals surface area contributed by atoms with E-state index < -0.39 is 73.8 Å². The summed E-state index contributed by atoms with van der Waals surface area (Å²) in [5.41, 5.74) is 6.47. The van der Waals surface area contributed by atoms with Crippen molar-refractivity contribution in [3.05, 3.63) is 64.7 Å². The Morgan fingerprint density at radius 1 is 0.949 bits per heavy atom. The highest BCUT2D eigenvalue weighted by molar-refractivity contribution is 6.36. The minimum atomic E-state index is -4.78. The number of rotatable bonds is 9. The molecule has 1 aliphatic rings. The van der Waals surface area contributed by atoms with Gasteiger partial charge >= 0.3 is 12.4 Å². The Balaban J connectivity index is 1.99. The van der Waals surface area contributed by atoms with Crippen molar-refractivity contribution in [1.82, 2.24) is 5.32 Å². The zero-order valence-corrected chi connectivity index (χ0v) is 20.8. The second kappa shape index (κ2) is 12.1. The van der Waals surface area contributed by atoms with Gasteiger partial charge in [0.1, 0.15) is 0 Å². The number of carbonyl (C=O) groups excluding carboxylic acids is 3. The number of hydrogen-bond donors (Lipinski definition) is 3. The van der Waals surface area contributed by atoms with Gasteiger partial charge in [0.25, 0.3) is 5.91 Å². The second-order valence-electron chi connectivity index (χ2n) is 8.83. The van der Waals surface area contributed by atoms with Crippen LogP contribution in [0.5, 0.6) is 0 Å². The number of alkyl halides is 6. The van der Waals surface area contributed by atoms with E-state index in [1.807, 2.05) is 0 Å².